The normalized spacial score (nSPS) is 10.4. The topological polar surface area (TPSA) is 108 Å². The summed E-state index contributed by atoms with van der Waals surface area (Å²) in [5.74, 6) is -4.30. The highest BCUT2D eigenvalue weighted by molar-refractivity contribution is 5.95. The summed E-state index contributed by atoms with van der Waals surface area (Å²) >= 11 is 0. The van der Waals surface area contributed by atoms with Gasteiger partial charge in [0.05, 0.1) is 23.4 Å². The molecule has 0 aromatic heterocycles. The maximum atomic E-state index is 14.1. The molecule has 0 spiro atoms. The average Bonchev–Trinajstić information content (AvgIpc) is 2.63. The molecule has 0 saturated carbocycles. The van der Waals surface area contributed by atoms with Gasteiger partial charge < -0.3 is 25.6 Å². The summed E-state index contributed by atoms with van der Waals surface area (Å²) in [5.41, 5.74) is 0.174. The number of benzene rings is 2. The molecule has 0 radical (unpaired) electrons. The van der Waals surface area contributed by atoms with Crippen molar-refractivity contribution in [3.63, 3.8) is 0 Å². The Morgan fingerprint density at radius 1 is 0.926 bits per heavy atom. The van der Waals surface area contributed by atoms with Gasteiger partial charge in [-0.05, 0) is 23.8 Å². The Morgan fingerprint density at radius 2 is 1.44 bits per heavy atom. The van der Waals surface area contributed by atoms with Crippen molar-refractivity contribution in [3.8, 4) is 5.75 Å². The van der Waals surface area contributed by atoms with Gasteiger partial charge in [0.1, 0.15) is 5.82 Å². The highest BCUT2D eigenvalue weighted by atomic mass is 19.1. The lowest BCUT2D eigenvalue weighted by Gasteiger charge is -2.13. The highest BCUT2D eigenvalue weighted by Gasteiger charge is 2.17. The third-order valence-electron chi connectivity index (χ3n) is 3.89. The van der Waals surface area contributed by atoms with E-state index in [4.69, 9.17) is 14.9 Å². The number of carboxylic acid groups (broad SMARTS) is 2. The Kier molecular flexibility index (Phi) is 6.17. The number of hydrogen-bond donors (Lipinski definition) is 4. The number of ether oxygens (including phenoxy) is 1. The molecule has 0 unspecified atom stereocenters. The van der Waals surface area contributed by atoms with E-state index in [1.165, 1.54) is 26.2 Å². The van der Waals surface area contributed by atoms with E-state index in [0.717, 1.165) is 12.1 Å². The van der Waals surface area contributed by atoms with Gasteiger partial charge in [-0.1, -0.05) is 0 Å². The first kappa shape index (κ1) is 20.0. The summed E-state index contributed by atoms with van der Waals surface area (Å²) in [7, 11) is 3.00. The molecule has 0 fully saturated rings. The van der Waals surface area contributed by atoms with E-state index in [1.807, 2.05) is 0 Å². The molecule has 144 valence electrons. The van der Waals surface area contributed by atoms with E-state index >= 15 is 0 Å². The first-order valence-electron chi connectivity index (χ1n) is 7.89. The van der Waals surface area contributed by atoms with Gasteiger partial charge in [-0.2, -0.15) is 0 Å². The van der Waals surface area contributed by atoms with E-state index in [0.29, 0.717) is 0 Å². The molecular weight excluding hydrogens is 362 g/mol. The van der Waals surface area contributed by atoms with Crippen molar-refractivity contribution in [2.45, 2.75) is 6.42 Å². The van der Waals surface area contributed by atoms with Gasteiger partial charge in [-0.15, -0.1) is 0 Å². The first-order valence-corrected chi connectivity index (χ1v) is 7.89. The monoisotopic (exact) mass is 380 g/mol. The minimum atomic E-state index is -1.29. The number of nitrogens with one attached hydrogen (secondary N) is 2. The summed E-state index contributed by atoms with van der Waals surface area (Å²) in [6, 6.07) is 4.31. The van der Waals surface area contributed by atoms with Crippen LogP contribution in [0.1, 0.15) is 26.3 Å². The van der Waals surface area contributed by atoms with Crippen molar-refractivity contribution >= 4 is 23.3 Å². The van der Waals surface area contributed by atoms with E-state index < -0.39 is 23.6 Å². The zero-order valence-electron chi connectivity index (χ0n) is 14.6. The number of halogens is 2. The van der Waals surface area contributed by atoms with Crippen LogP contribution in [0.3, 0.4) is 0 Å². The second-order valence-corrected chi connectivity index (χ2v) is 5.53. The maximum Gasteiger partial charge on any atom is 0.337 e. The predicted molar refractivity (Wildman–Crippen MR) is 95.0 cm³/mol. The van der Waals surface area contributed by atoms with Crippen LogP contribution in [0.5, 0.6) is 5.75 Å². The van der Waals surface area contributed by atoms with Gasteiger partial charge >= 0.3 is 11.9 Å². The Hall–Kier alpha value is -3.36. The van der Waals surface area contributed by atoms with Crippen LogP contribution in [0.2, 0.25) is 0 Å². The largest absolute Gasteiger partial charge is 0.490 e. The zero-order chi connectivity index (χ0) is 20.1. The van der Waals surface area contributed by atoms with Crippen molar-refractivity contribution in [2.75, 3.05) is 31.3 Å². The smallest absolute Gasteiger partial charge is 0.337 e. The Labute approximate surface area is 153 Å². The number of rotatable bonds is 8. The lowest BCUT2D eigenvalue weighted by atomic mass is 10.1. The third-order valence-corrected chi connectivity index (χ3v) is 3.89. The molecule has 0 aliphatic rings. The predicted octanol–water partition coefficient (Wildman–Crippen LogP) is 3.07. The van der Waals surface area contributed by atoms with Crippen LogP contribution in [0.15, 0.2) is 24.3 Å². The molecule has 0 aliphatic carbocycles. The molecule has 7 nitrogen and oxygen atoms in total. The molecule has 2 aromatic rings. The second-order valence-electron chi connectivity index (χ2n) is 5.53. The molecule has 0 amide bonds. The average molecular weight is 380 g/mol. The number of hydrogen-bond acceptors (Lipinski definition) is 5. The van der Waals surface area contributed by atoms with Crippen molar-refractivity contribution in [1.29, 1.82) is 0 Å². The zero-order valence-corrected chi connectivity index (χ0v) is 14.6. The maximum absolute atomic E-state index is 14.1. The molecule has 2 rings (SSSR count). The van der Waals surface area contributed by atoms with Crippen LogP contribution in [-0.2, 0) is 6.42 Å². The van der Waals surface area contributed by atoms with Crippen molar-refractivity contribution < 1.29 is 33.3 Å². The third kappa shape index (κ3) is 4.43. The summed E-state index contributed by atoms with van der Waals surface area (Å²) in [6.07, 6.45) is 0.0510. The number of carbonyl (C=O) groups is 2. The lowest BCUT2D eigenvalue weighted by Crippen LogP contribution is -2.09. The number of carboxylic acids is 2. The SMILES string of the molecule is CNc1cc(CCOc2cc(NC)c(C(=O)O)cc2F)c(F)cc1C(=O)O. The molecule has 0 heterocycles. The van der Waals surface area contributed by atoms with Crippen LogP contribution in [0, 0.1) is 11.6 Å². The van der Waals surface area contributed by atoms with Crippen LogP contribution in [0.25, 0.3) is 0 Å². The van der Waals surface area contributed by atoms with Gasteiger partial charge in [-0.3, -0.25) is 0 Å². The van der Waals surface area contributed by atoms with Crippen LogP contribution in [-0.4, -0.2) is 42.9 Å². The van der Waals surface area contributed by atoms with E-state index in [9.17, 15) is 18.4 Å². The molecule has 0 aliphatic heterocycles. The molecule has 4 N–H and O–H groups in total. The fourth-order valence-electron chi connectivity index (χ4n) is 2.51. The molecular formula is C18H18F2N2O5. The van der Waals surface area contributed by atoms with Crippen molar-refractivity contribution in [1.82, 2.24) is 0 Å². The Bertz CT molecular complexity index is 815. The van der Waals surface area contributed by atoms with Gasteiger partial charge in [-0.25, -0.2) is 18.4 Å². The summed E-state index contributed by atoms with van der Waals surface area (Å²) < 4.78 is 33.4. The van der Waals surface area contributed by atoms with Crippen LogP contribution >= 0.6 is 0 Å². The number of aromatic carboxylic acids is 2. The molecule has 0 bridgehead atoms. The quantitative estimate of drug-likeness (QED) is 0.557. The van der Waals surface area contributed by atoms with E-state index in [1.54, 1.807) is 0 Å². The fourth-order valence-corrected chi connectivity index (χ4v) is 2.51. The highest BCUT2D eigenvalue weighted by Crippen LogP contribution is 2.27. The van der Waals surface area contributed by atoms with E-state index in [-0.39, 0.29) is 46.8 Å². The first-order chi connectivity index (χ1) is 12.8. The van der Waals surface area contributed by atoms with E-state index in [2.05, 4.69) is 10.6 Å². The molecule has 0 saturated heterocycles. The summed E-state index contributed by atoms with van der Waals surface area (Å²) in [6.45, 7) is -0.0982. The summed E-state index contributed by atoms with van der Waals surface area (Å²) in [4.78, 5) is 22.2. The van der Waals surface area contributed by atoms with Crippen molar-refractivity contribution in [2.24, 2.45) is 0 Å². The molecule has 2 aromatic carbocycles. The van der Waals surface area contributed by atoms with Gasteiger partial charge in [0.25, 0.3) is 0 Å². The van der Waals surface area contributed by atoms with Crippen molar-refractivity contribution in [3.05, 3.63) is 52.6 Å². The lowest BCUT2D eigenvalue weighted by molar-refractivity contribution is 0.0686. The molecule has 0 atom stereocenters. The Balaban J connectivity index is 2.17. The van der Waals surface area contributed by atoms with Gasteiger partial charge in [0.2, 0.25) is 0 Å². The van der Waals surface area contributed by atoms with Crippen LogP contribution < -0.4 is 15.4 Å². The second kappa shape index (κ2) is 8.35. The number of anilines is 2. The molecule has 9 heteroatoms. The van der Waals surface area contributed by atoms with Gasteiger partial charge in [0.15, 0.2) is 11.6 Å². The fraction of sp³-hybridized carbons (Fsp3) is 0.222. The Morgan fingerprint density at radius 3 is 1.96 bits per heavy atom. The minimum Gasteiger partial charge on any atom is -0.490 e. The summed E-state index contributed by atoms with van der Waals surface area (Å²) in [5, 5.41) is 23.4. The minimum absolute atomic E-state index is 0.0510. The van der Waals surface area contributed by atoms with Gasteiger partial charge in [0, 0.05) is 32.3 Å². The standard InChI is InChI=1S/C18H18F2N2O5/c1-21-14-5-9(12(19)6-10(14)17(23)24)3-4-27-16-8-15(22-2)11(18(25)26)7-13(16)20/h5-8,21-22H,3-4H2,1-2H3,(H,23,24)(H,25,26). The van der Waals surface area contributed by atoms with Crippen LogP contribution in [0.4, 0.5) is 20.2 Å². The molecule has 27 heavy (non-hydrogen) atoms.